The second kappa shape index (κ2) is 14.6. The van der Waals surface area contributed by atoms with E-state index in [1.165, 1.54) is 22.4 Å². The van der Waals surface area contributed by atoms with Crippen LogP contribution in [-0.4, -0.2) is 80.6 Å². The van der Waals surface area contributed by atoms with E-state index in [1.54, 1.807) is 18.2 Å². The number of amides is 4. The predicted molar refractivity (Wildman–Crippen MR) is 195 cm³/mol. The molecule has 2 saturated heterocycles. The van der Waals surface area contributed by atoms with Gasteiger partial charge < -0.3 is 20.4 Å². The summed E-state index contributed by atoms with van der Waals surface area (Å²) in [7, 11) is 1.98. The van der Waals surface area contributed by atoms with Gasteiger partial charge in [0.1, 0.15) is 34.2 Å². The van der Waals surface area contributed by atoms with E-state index in [0.717, 1.165) is 37.3 Å². The number of thiazole rings is 1. The van der Waals surface area contributed by atoms with E-state index >= 15 is 4.39 Å². The van der Waals surface area contributed by atoms with Crippen molar-refractivity contribution < 1.29 is 23.6 Å². The molecule has 13 nitrogen and oxygen atoms in total. The summed E-state index contributed by atoms with van der Waals surface area (Å²) in [4.78, 5) is 69.7. The van der Waals surface area contributed by atoms with Gasteiger partial charge in [0, 0.05) is 54.9 Å². The summed E-state index contributed by atoms with van der Waals surface area (Å²) < 4.78 is 15.8. The number of carbonyl (C=O) groups is 4. The molecule has 0 aliphatic carbocycles. The molecule has 0 saturated carbocycles. The van der Waals surface area contributed by atoms with Crippen molar-refractivity contribution in [2.45, 2.75) is 64.7 Å². The van der Waals surface area contributed by atoms with Crippen molar-refractivity contribution in [1.29, 1.82) is 0 Å². The highest BCUT2D eigenvalue weighted by molar-refractivity contribution is 7.17. The molecular formula is C36H37ClFN9O4S. The van der Waals surface area contributed by atoms with Crippen LogP contribution in [-0.2, 0) is 22.7 Å². The van der Waals surface area contributed by atoms with Gasteiger partial charge >= 0.3 is 0 Å². The van der Waals surface area contributed by atoms with Gasteiger partial charge in [-0.1, -0.05) is 41.1 Å². The zero-order valence-electron chi connectivity index (χ0n) is 28.8. The number of aryl methyl sites for hydroxylation is 2. The first-order valence-electron chi connectivity index (χ1n) is 17.0. The lowest BCUT2D eigenvalue weighted by molar-refractivity contribution is -0.136. The third-order valence-corrected chi connectivity index (χ3v) is 11.0. The Balaban J connectivity index is 0.950. The van der Waals surface area contributed by atoms with Crippen LogP contribution < -0.4 is 20.9 Å². The molecule has 0 spiro atoms. The van der Waals surface area contributed by atoms with Gasteiger partial charge in [0.25, 0.3) is 11.8 Å². The van der Waals surface area contributed by atoms with Crippen molar-refractivity contribution in [2.75, 3.05) is 35.7 Å². The van der Waals surface area contributed by atoms with Crippen molar-refractivity contribution in [3.63, 3.8) is 0 Å². The van der Waals surface area contributed by atoms with Crippen LogP contribution in [0.4, 0.5) is 26.8 Å². The molecular weight excluding hydrogens is 709 g/mol. The lowest BCUT2D eigenvalue weighted by Crippen LogP contribution is -2.52. The number of hydrogen-bond donors (Lipinski definition) is 3. The standard InChI is InChI=1S/C36H37ClFN9O4S/c1-19-5-4-6-25(37)32(19)44-34(50)27-16-39-36(52-27)42-28-15-29(41-20(2)40-28)46-13-11-22(12-14-46)45(3)17-21-7-8-23-24(31(21)38)18-47(35(23)51)26-9-10-30(48)43-33(26)49/h4-8,15-16,22,26H,9-14,17-18H2,1-3H3,(H,44,50)(H,43,48,49)(H,39,40,41,42). The van der Waals surface area contributed by atoms with Crippen LogP contribution in [0.3, 0.4) is 0 Å². The first-order chi connectivity index (χ1) is 24.9. The van der Waals surface area contributed by atoms with Crippen LogP contribution in [0.25, 0.3) is 0 Å². The Morgan fingerprint density at radius 3 is 2.65 bits per heavy atom. The molecule has 2 aromatic heterocycles. The molecule has 16 heteroatoms. The van der Waals surface area contributed by atoms with Crippen LogP contribution in [0.5, 0.6) is 0 Å². The Kier molecular flexibility index (Phi) is 9.92. The van der Waals surface area contributed by atoms with Crippen molar-refractivity contribution in [1.82, 2.24) is 30.1 Å². The Morgan fingerprint density at radius 2 is 1.90 bits per heavy atom. The van der Waals surface area contributed by atoms with Crippen molar-refractivity contribution in [3.8, 4) is 0 Å². The summed E-state index contributed by atoms with van der Waals surface area (Å²) in [6, 6.07) is 10.00. The van der Waals surface area contributed by atoms with E-state index in [-0.39, 0.29) is 42.8 Å². The SMILES string of the molecule is Cc1nc(Nc2ncc(C(=O)Nc3c(C)cccc3Cl)s2)cc(N2CCC(N(C)Cc3ccc4c(c3F)CN(C3CCC(=O)NC3=O)C4=O)CC2)n1. The third kappa shape index (κ3) is 7.20. The van der Waals surface area contributed by atoms with Crippen LogP contribution in [0.15, 0.2) is 42.6 Å². The minimum absolute atomic E-state index is 0.000239. The van der Waals surface area contributed by atoms with E-state index in [9.17, 15) is 19.2 Å². The highest BCUT2D eigenvalue weighted by atomic mass is 35.5. The zero-order chi connectivity index (χ0) is 36.7. The minimum Gasteiger partial charge on any atom is -0.356 e. The summed E-state index contributed by atoms with van der Waals surface area (Å²) >= 11 is 7.48. The van der Waals surface area contributed by atoms with Crippen molar-refractivity contribution >= 4 is 69.0 Å². The molecule has 3 aliphatic heterocycles. The fraction of sp³-hybridized carbons (Fsp3) is 0.361. The monoisotopic (exact) mass is 745 g/mol. The number of para-hydroxylation sites is 1. The topological polar surface area (TPSA) is 153 Å². The highest BCUT2D eigenvalue weighted by Crippen LogP contribution is 2.33. The highest BCUT2D eigenvalue weighted by Gasteiger charge is 2.40. The van der Waals surface area contributed by atoms with Gasteiger partial charge in [-0.15, -0.1) is 0 Å². The summed E-state index contributed by atoms with van der Waals surface area (Å²) in [6.07, 6.45) is 3.53. The third-order valence-electron chi connectivity index (χ3n) is 9.81. The second-order valence-corrected chi connectivity index (χ2v) is 14.7. The van der Waals surface area contributed by atoms with Crippen LogP contribution in [0, 0.1) is 19.7 Å². The maximum absolute atomic E-state index is 15.8. The van der Waals surface area contributed by atoms with Gasteiger partial charge in [-0.3, -0.25) is 29.4 Å². The second-order valence-electron chi connectivity index (χ2n) is 13.3. The molecule has 3 N–H and O–H groups in total. The Labute approximate surface area is 308 Å². The average molecular weight is 746 g/mol. The molecule has 3 aliphatic rings. The number of carbonyl (C=O) groups excluding carboxylic acids is 4. The predicted octanol–water partition coefficient (Wildman–Crippen LogP) is 5.20. The van der Waals surface area contributed by atoms with Gasteiger partial charge in [0.05, 0.1) is 23.5 Å². The maximum atomic E-state index is 15.8. The molecule has 2 fully saturated rings. The fourth-order valence-electron chi connectivity index (χ4n) is 7.00. The lowest BCUT2D eigenvalue weighted by atomic mass is 10.0. The molecule has 2 aromatic carbocycles. The van der Waals surface area contributed by atoms with Gasteiger partial charge in [-0.05, 0) is 57.9 Å². The summed E-state index contributed by atoms with van der Waals surface area (Å²) in [6.45, 7) is 5.53. The zero-order valence-corrected chi connectivity index (χ0v) is 30.4. The van der Waals surface area contributed by atoms with Crippen LogP contribution in [0.2, 0.25) is 5.02 Å². The van der Waals surface area contributed by atoms with Gasteiger partial charge in [0.15, 0.2) is 5.13 Å². The number of piperidine rings is 2. The lowest BCUT2D eigenvalue weighted by Gasteiger charge is -2.37. The number of nitrogens with one attached hydrogen (secondary N) is 3. The molecule has 7 rings (SSSR count). The van der Waals surface area contributed by atoms with Gasteiger partial charge in [-0.25, -0.2) is 19.3 Å². The Bertz CT molecular complexity index is 2070. The van der Waals surface area contributed by atoms with Crippen LogP contribution >= 0.6 is 22.9 Å². The van der Waals surface area contributed by atoms with E-state index in [0.29, 0.717) is 50.0 Å². The number of aromatic nitrogens is 3. The number of hydrogen-bond acceptors (Lipinski definition) is 11. The molecule has 1 unspecified atom stereocenters. The van der Waals surface area contributed by atoms with Crippen molar-refractivity contribution in [3.05, 3.63) is 86.4 Å². The summed E-state index contributed by atoms with van der Waals surface area (Å²) in [5.41, 5.74) is 2.47. The quantitative estimate of drug-likeness (QED) is 0.195. The number of halogens is 2. The number of benzene rings is 2. The van der Waals surface area contributed by atoms with Gasteiger partial charge in [-0.2, -0.15) is 0 Å². The number of nitrogens with zero attached hydrogens (tertiary/aromatic N) is 6. The number of rotatable bonds is 9. The minimum atomic E-state index is -0.789. The molecule has 0 radical (unpaired) electrons. The van der Waals surface area contributed by atoms with E-state index < -0.39 is 23.7 Å². The normalized spacial score (nSPS) is 17.8. The summed E-state index contributed by atoms with van der Waals surface area (Å²) in [5, 5.41) is 9.34. The molecule has 1 atom stereocenters. The number of fused-ring (bicyclic) bond motifs is 1. The maximum Gasteiger partial charge on any atom is 0.267 e. The Morgan fingerprint density at radius 1 is 1.12 bits per heavy atom. The molecule has 5 heterocycles. The fourth-order valence-corrected chi connectivity index (χ4v) is 7.99. The van der Waals surface area contributed by atoms with Crippen LogP contribution in [0.1, 0.15) is 68.2 Å². The number of anilines is 4. The molecule has 52 heavy (non-hydrogen) atoms. The number of imide groups is 1. The van der Waals surface area contributed by atoms with Crippen molar-refractivity contribution in [2.24, 2.45) is 0 Å². The van der Waals surface area contributed by atoms with E-state index in [4.69, 9.17) is 11.6 Å². The summed E-state index contributed by atoms with van der Waals surface area (Å²) in [5.74, 6) is -0.0841. The van der Waals surface area contributed by atoms with E-state index in [1.807, 2.05) is 39.1 Å². The molecule has 270 valence electrons. The average Bonchev–Trinajstić information content (AvgIpc) is 3.72. The first-order valence-corrected chi connectivity index (χ1v) is 18.2. The molecule has 0 bridgehead atoms. The van der Waals surface area contributed by atoms with E-state index in [2.05, 4.69) is 40.7 Å². The molecule has 4 amide bonds. The Hall–Kier alpha value is -4.99. The molecule has 4 aromatic rings. The largest absolute Gasteiger partial charge is 0.356 e. The van der Waals surface area contributed by atoms with Gasteiger partial charge in [0.2, 0.25) is 11.8 Å². The smallest absolute Gasteiger partial charge is 0.267 e. The first kappa shape index (κ1) is 35.4.